The molecule has 1 amide bonds. The number of aromatic nitrogens is 2. The Morgan fingerprint density at radius 3 is 2.57 bits per heavy atom. The number of amides is 1. The van der Waals surface area contributed by atoms with Crippen LogP contribution in [0.15, 0.2) is 47.8 Å². The summed E-state index contributed by atoms with van der Waals surface area (Å²) in [5, 5.41) is 8.30. The lowest BCUT2D eigenvalue weighted by molar-refractivity contribution is 0.102. The van der Waals surface area contributed by atoms with E-state index in [9.17, 15) is 4.79 Å². The Morgan fingerprint density at radius 1 is 1.04 bits per heavy atom. The third kappa shape index (κ3) is 3.92. The normalized spacial score (nSPS) is 10.3. The summed E-state index contributed by atoms with van der Waals surface area (Å²) in [5.74, 6) is 0.486. The Labute approximate surface area is 138 Å². The van der Waals surface area contributed by atoms with E-state index in [0.29, 0.717) is 16.6 Å². The van der Waals surface area contributed by atoms with Crippen LogP contribution in [0.2, 0.25) is 0 Å². The van der Waals surface area contributed by atoms with Crippen LogP contribution in [0.4, 0.5) is 16.6 Å². The van der Waals surface area contributed by atoms with Gasteiger partial charge in [0.15, 0.2) is 5.13 Å². The fourth-order valence-corrected chi connectivity index (χ4v) is 2.69. The Morgan fingerprint density at radius 2 is 1.83 bits per heavy atom. The van der Waals surface area contributed by atoms with Crippen LogP contribution in [0.25, 0.3) is 0 Å². The molecule has 0 saturated heterocycles. The SMILES string of the molecule is Cc1ccc(NC(=O)c2csc(Nc3cccc(C)n3)n2)cc1. The Balaban J connectivity index is 1.68. The van der Waals surface area contributed by atoms with Crippen molar-refractivity contribution in [3.05, 3.63) is 64.8 Å². The van der Waals surface area contributed by atoms with E-state index in [2.05, 4.69) is 20.6 Å². The topological polar surface area (TPSA) is 66.9 Å². The Hall–Kier alpha value is -2.73. The highest BCUT2D eigenvalue weighted by atomic mass is 32.1. The van der Waals surface area contributed by atoms with Crippen molar-refractivity contribution in [2.75, 3.05) is 10.6 Å². The molecule has 6 heteroatoms. The molecule has 0 aliphatic rings. The minimum Gasteiger partial charge on any atom is -0.321 e. The first-order valence-electron chi connectivity index (χ1n) is 7.14. The monoisotopic (exact) mass is 324 g/mol. The van der Waals surface area contributed by atoms with Crippen molar-refractivity contribution >= 4 is 33.9 Å². The van der Waals surface area contributed by atoms with E-state index in [1.54, 1.807) is 5.38 Å². The van der Waals surface area contributed by atoms with E-state index in [-0.39, 0.29) is 5.91 Å². The predicted octanol–water partition coefficient (Wildman–Crippen LogP) is 4.15. The summed E-state index contributed by atoms with van der Waals surface area (Å²) >= 11 is 1.37. The molecule has 0 aliphatic heterocycles. The summed E-state index contributed by atoms with van der Waals surface area (Å²) in [6, 6.07) is 13.3. The van der Waals surface area contributed by atoms with E-state index >= 15 is 0 Å². The number of pyridine rings is 1. The van der Waals surface area contributed by atoms with Gasteiger partial charge in [0.25, 0.3) is 5.91 Å². The van der Waals surface area contributed by atoms with Gasteiger partial charge in [-0.25, -0.2) is 9.97 Å². The molecular weight excluding hydrogens is 308 g/mol. The zero-order valence-electron chi connectivity index (χ0n) is 12.8. The molecule has 0 unspecified atom stereocenters. The number of carbonyl (C=O) groups excluding carboxylic acids is 1. The maximum atomic E-state index is 12.2. The summed E-state index contributed by atoms with van der Waals surface area (Å²) < 4.78 is 0. The first-order valence-corrected chi connectivity index (χ1v) is 8.02. The summed E-state index contributed by atoms with van der Waals surface area (Å²) in [4.78, 5) is 20.9. The van der Waals surface area contributed by atoms with E-state index in [1.807, 2.05) is 56.3 Å². The second kappa shape index (κ2) is 6.58. The number of aryl methyl sites for hydroxylation is 2. The molecule has 3 rings (SSSR count). The Bertz CT molecular complexity index is 827. The first-order chi connectivity index (χ1) is 11.1. The third-order valence-electron chi connectivity index (χ3n) is 3.17. The number of hydrogen-bond donors (Lipinski definition) is 2. The zero-order chi connectivity index (χ0) is 16.2. The summed E-state index contributed by atoms with van der Waals surface area (Å²) in [6.45, 7) is 3.93. The molecule has 5 nitrogen and oxygen atoms in total. The molecule has 0 saturated carbocycles. The fraction of sp³-hybridized carbons (Fsp3) is 0.118. The molecule has 0 radical (unpaired) electrons. The molecule has 2 N–H and O–H groups in total. The van der Waals surface area contributed by atoms with E-state index in [0.717, 1.165) is 16.9 Å². The third-order valence-corrected chi connectivity index (χ3v) is 3.93. The molecule has 23 heavy (non-hydrogen) atoms. The van der Waals surface area contributed by atoms with Gasteiger partial charge in [-0.15, -0.1) is 11.3 Å². The second-order valence-corrected chi connectivity index (χ2v) is 6.01. The van der Waals surface area contributed by atoms with Gasteiger partial charge in [-0.05, 0) is 38.1 Å². The molecular formula is C17H16N4OS. The van der Waals surface area contributed by atoms with E-state index in [4.69, 9.17) is 0 Å². The van der Waals surface area contributed by atoms with Gasteiger partial charge in [0.1, 0.15) is 11.5 Å². The zero-order valence-corrected chi connectivity index (χ0v) is 13.6. The molecule has 0 atom stereocenters. The van der Waals surface area contributed by atoms with Crippen molar-refractivity contribution in [3.8, 4) is 0 Å². The highest BCUT2D eigenvalue weighted by molar-refractivity contribution is 7.14. The molecule has 2 aromatic heterocycles. The van der Waals surface area contributed by atoms with Gasteiger partial charge in [0.05, 0.1) is 0 Å². The molecule has 0 fully saturated rings. The Kier molecular flexibility index (Phi) is 4.34. The van der Waals surface area contributed by atoms with Crippen LogP contribution in [0, 0.1) is 13.8 Å². The predicted molar refractivity (Wildman–Crippen MR) is 93.5 cm³/mol. The fourth-order valence-electron chi connectivity index (χ4n) is 1.99. The number of hydrogen-bond acceptors (Lipinski definition) is 5. The van der Waals surface area contributed by atoms with Gasteiger partial charge in [-0.1, -0.05) is 23.8 Å². The minimum absolute atomic E-state index is 0.227. The number of nitrogens with one attached hydrogen (secondary N) is 2. The summed E-state index contributed by atoms with van der Waals surface area (Å²) in [6.07, 6.45) is 0. The average Bonchev–Trinajstić information content (AvgIpc) is 2.98. The second-order valence-electron chi connectivity index (χ2n) is 5.15. The molecule has 0 bridgehead atoms. The van der Waals surface area contributed by atoms with Crippen molar-refractivity contribution < 1.29 is 4.79 Å². The van der Waals surface area contributed by atoms with E-state index in [1.165, 1.54) is 11.3 Å². The van der Waals surface area contributed by atoms with Crippen LogP contribution < -0.4 is 10.6 Å². The lowest BCUT2D eigenvalue weighted by Gasteiger charge is -2.03. The van der Waals surface area contributed by atoms with Crippen LogP contribution in [0.3, 0.4) is 0 Å². The number of nitrogens with zero attached hydrogens (tertiary/aromatic N) is 2. The number of carbonyl (C=O) groups is 1. The van der Waals surface area contributed by atoms with Crippen molar-refractivity contribution in [1.82, 2.24) is 9.97 Å². The van der Waals surface area contributed by atoms with Gasteiger partial charge >= 0.3 is 0 Å². The summed E-state index contributed by atoms with van der Waals surface area (Å²) in [7, 11) is 0. The number of anilines is 3. The van der Waals surface area contributed by atoms with Gasteiger partial charge in [-0.3, -0.25) is 4.79 Å². The van der Waals surface area contributed by atoms with E-state index < -0.39 is 0 Å². The first kappa shape index (κ1) is 15.2. The van der Waals surface area contributed by atoms with Crippen LogP contribution in [-0.4, -0.2) is 15.9 Å². The molecule has 116 valence electrons. The quantitative estimate of drug-likeness (QED) is 0.756. The molecule has 3 aromatic rings. The van der Waals surface area contributed by atoms with Gasteiger partial charge in [-0.2, -0.15) is 0 Å². The lowest BCUT2D eigenvalue weighted by Crippen LogP contribution is -2.12. The number of thiazole rings is 1. The maximum absolute atomic E-state index is 12.2. The van der Waals surface area contributed by atoms with Crippen molar-refractivity contribution in [2.45, 2.75) is 13.8 Å². The van der Waals surface area contributed by atoms with Gasteiger partial charge in [0.2, 0.25) is 0 Å². The van der Waals surface area contributed by atoms with Crippen LogP contribution in [0.5, 0.6) is 0 Å². The number of benzene rings is 1. The largest absolute Gasteiger partial charge is 0.321 e. The highest BCUT2D eigenvalue weighted by Crippen LogP contribution is 2.20. The molecule has 0 spiro atoms. The highest BCUT2D eigenvalue weighted by Gasteiger charge is 2.11. The van der Waals surface area contributed by atoms with Crippen LogP contribution >= 0.6 is 11.3 Å². The number of rotatable bonds is 4. The van der Waals surface area contributed by atoms with Crippen molar-refractivity contribution in [2.24, 2.45) is 0 Å². The average molecular weight is 324 g/mol. The van der Waals surface area contributed by atoms with Crippen molar-refractivity contribution in [1.29, 1.82) is 0 Å². The van der Waals surface area contributed by atoms with Gasteiger partial charge in [0, 0.05) is 16.8 Å². The minimum atomic E-state index is -0.227. The smallest absolute Gasteiger partial charge is 0.275 e. The standard InChI is InChI=1S/C17H16N4OS/c1-11-6-8-13(9-7-11)19-16(22)14-10-23-17(20-14)21-15-5-3-4-12(2)18-15/h3-10H,1-2H3,(H,19,22)(H,18,20,21). The lowest BCUT2D eigenvalue weighted by atomic mass is 10.2. The summed E-state index contributed by atoms with van der Waals surface area (Å²) in [5.41, 5.74) is 3.20. The van der Waals surface area contributed by atoms with Crippen LogP contribution in [-0.2, 0) is 0 Å². The maximum Gasteiger partial charge on any atom is 0.275 e. The molecule has 2 heterocycles. The van der Waals surface area contributed by atoms with Gasteiger partial charge < -0.3 is 10.6 Å². The molecule has 0 aliphatic carbocycles. The van der Waals surface area contributed by atoms with Crippen LogP contribution in [0.1, 0.15) is 21.7 Å². The molecule has 1 aromatic carbocycles. The van der Waals surface area contributed by atoms with Crippen molar-refractivity contribution in [3.63, 3.8) is 0 Å².